The molecule has 2 aromatic heterocycles. The fourth-order valence-electron chi connectivity index (χ4n) is 4.43. The number of aromatic amines is 1. The van der Waals surface area contributed by atoms with Gasteiger partial charge in [-0.25, -0.2) is 13.4 Å². The van der Waals surface area contributed by atoms with Crippen LogP contribution in [0.3, 0.4) is 0 Å². The number of hydrogen-bond acceptors (Lipinski definition) is 7. The Morgan fingerprint density at radius 2 is 1.97 bits per heavy atom. The maximum absolute atomic E-state index is 11.9. The molecule has 0 radical (unpaired) electrons. The Morgan fingerprint density at radius 3 is 2.61 bits per heavy atom. The van der Waals surface area contributed by atoms with E-state index in [0.717, 1.165) is 58.3 Å². The second-order valence-corrected chi connectivity index (χ2v) is 11.3. The molecule has 0 amide bonds. The Labute approximate surface area is 212 Å². The first-order chi connectivity index (χ1) is 17.0. The molecule has 4 rings (SSSR count). The average Bonchev–Trinajstić information content (AvgIpc) is 3.43. The maximum Gasteiger partial charge on any atom is 0.229 e. The summed E-state index contributed by atoms with van der Waals surface area (Å²) >= 11 is 0. The van der Waals surface area contributed by atoms with Crippen LogP contribution in [0, 0.1) is 0 Å². The Kier molecular flexibility index (Phi) is 7.49. The van der Waals surface area contributed by atoms with Gasteiger partial charge in [0.1, 0.15) is 5.76 Å². The number of fused-ring (bicyclic) bond motifs is 1. The van der Waals surface area contributed by atoms with Crippen molar-refractivity contribution in [1.29, 1.82) is 0 Å². The number of rotatable bonds is 8. The first kappa shape index (κ1) is 25.9. The first-order valence-electron chi connectivity index (χ1n) is 11.8. The molecule has 9 nitrogen and oxygen atoms in total. The summed E-state index contributed by atoms with van der Waals surface area (Å²) in [7, 11) is -3.44. The summed E-state index contributed by atoms with van der Waals surface area (Å²) in [5, 5.41) is 8.10. The van der Waals surface area contributed by atoms with Crippen LogP contribution in [0.5, 0.6) is 0 Å². The molecule has 0 aliphatic carbocycles. The Balaban J connectivity index is 1.70. The van der Waals surface area contributed by atoms with Crippen molar-refractivity contribution in [3.8, 4) is 11.5 Å². The molecule has 0 bridgehead atoms. The SMILES string of the molecule is C=C/C(=C\C(NS(C)(=O)=O)=C(C)C)c1cc(-c2ncc(CN3CC(C)OC(C)C3)o2)c2cn[nH]c2c1. The van der Waals surface area contributed by atoms with Gasteiger partial charge in [0, 0.05) is 29.7 Å². The van der Waals surface area contributed by atoms with Crippen LogP contribution in [0.2, 0.25) is 0 Å². The number of ether oxygens (including phenoxy) is 1. The van der Waals surface area contributed by atoms with Crippen LogP contribution >= 0.6 is 0 Å². The zero-order chi connectivity index (χ0) is 26.0. The highest BCUT2D eigenvalue weighted by molar-refractivity contribution is 7.88. The van der Waals surface area contributed by atoms with E-state index < -0.39 is 10.0 Å². The third-order valence-corrected chi connectivity index (χ3v) is 6.50. The zero-order valence-electron chi connectivity index (χ0n) is 21.3. The van der Waals surface area contributed by atoms with Crippen LogP contribution in [0.1, 0.15) is 39.0 Å². The number of allylic oxidation sites excluding steroid dienone is 4. The predicted molar refractivity (Wildman–Crippen MR) is 141 cm³/mol. The van der Waals surface area contributed by atoms with Gasteiger partial charge in [-0.3, -0.25) is 14.7 Å². The van der Waals surface area contributed by atoms with Gasteiger partial charge in [0.05, 0.1) is 42.9 Å². The zero-order valence-corrected chi connectivity index (χ0v) is 22.1. The van der Waals surface area contributed by atoms with Crippen LogP contribution in [0.15, 0.2) is 58.9 Å². The maximum atomic E-state index is 11.9. The highest BCUT2D eigenvalue weighted by Crippen LogP contribution is 2.32. The number of nitrogens with one attached hydrogen (secondary N) is 2. The number of H-pyrrole nitrogens is 1. The second kappa shape index (κ2) is 10.4. The third kappa shape index (κ3) is 6.13. The lowest BCUT2D eigenvalue weighted by molar-refractivity contribution is -0.0718. The van der Waals surface area contributed by atoms with Gasteiger partial charge in [-0.15, -0.1) is 0 Å². The molecule has 192 valence electrons. The molecule has 2 unspecified atom stereocenters. The Hall–Kier alpha value is -3.21. The van der Waals surface area contributed by atoms with Crippen molar-refractivity contribution in [1.82, 2.24) is 24.8 Å². The van der Waals surface area contributed by atoms with Crippen molar-refractivity contribution in [2.45, 2.75) is 46.4 Å². The molecular weight excluding hydrogens is 478 g/mol. The van der Waals surface area contributed by atoms with E-state index in [1.807, 2.05) is 26.0 Å². The minimum atomic E-state index is -3.44. The molecular formula is C26H33N5O4S. The van der Waals surface area contributed by atoms with Crippen LogP contribution < -0.4 is 4.72 Å². The first-order valence-corrected chi connectivity index (χ1v) is 13.7. The van der Waals surface area contributed by atoms with Crippen molar-refractivity contribution in [3.05, 3.63) is 65.9 Å². The van der Waals surface area contributed by atoms with Gasteiger partial charge in [0.15, 0.2) is 0 Å². The van der Waals surface area contributed by atoms with E-state index in [-0.39, 0.29) is 12.2 Å². The van der Waals surface area contributed by atoms with E-state index in [0.29, 0.717) is 18.1 Å². The smallest absolute Gasteiger partial charge is 0.229 e. The predicted octanol–water partition coefficient (Wildman–Crippen LogP) is 4.24. The molecule has 3 aromatic rings. The van der Waals surface area contributed by atoms with E-state index in [1.165, 1.54) is 0 Å². The number of benzene rings is 1. The average molecular weight is 512 g/mol. The summed E-state index contributed by atoms with van der Waals surface area (Å²) in [6, 6.07) is 3.91. The van der Waals surface area contributed by atoms with Gasteiger partial charge >= 0.3 is 0 Å². The van der Waals surface area contributed by atoms with Crippen molar-refractivity contribution in [2.75, 3.05) is 19.3 Å². The molecule has 2 atom stereocenters. The molecule has 1 aromatic carbocycles. The number of nitrogens with zero attached hydrogens (tertiary/aromatic N) is 3. The molecule has 1 aliphatic heterocycles. The van der Waals surface area contributed by atoms with E-state index in [2.05, 4.69) is 45.2 Å². The van der Waals surface area contributed by atoms with E-state index in [1.54, 1.807) is 24.5 Å². The topological polar surface area (TPSA) is 113 Å². The van der Waals surface area contributed by atoms with Gasteiger partial charge < -0.3 is 9.15 Å². The molecule has 1 saturated heterocycles. The molecule has 0 saturated carbocycles. The quantitative estimate of drug-likeness (QED) is 0.435. The lowest BCUT2D eigenvalue weighted by atomic mass is 9.99. The molecule has 10 heteroatoms. The molecule has 2 N–H and O–H groups in total. The van der Waals surface area contributed by atoms with E-state index in [9.17, 15) is 8.42 Å². The number of hydrogen-bond donors (Lipinski definition) is 2. The van der Waals surface area contributed by atoms with Crippen LogP contribution in [0.25, 0.3) is 27.9 Å². The van der Waals surface area contributed by atoms with Gasteiger partial charge in [0.25, 0.3) is 0 Å². The van der Waals surface area contributed by atoms with Crippen molar-refractivity contribution >= 4 is 26.5 Å². The van der Waals surface area contributed by atoms with Gasteiger partial charge in [-0.05, 0) is 57.0 Å². The normalized spacial score (nSPS) is 19.4. The number of aromatic nitrogens is 3. The fourth-order valence-corrected chi connectivity index (χ4v) is 5.09. The monoisotopic (exact) mass is 511 g/mol. The van der Waals surface area contributed by atoms with E-state index >= 15 is 0 Å². The standard InChI is InChI=1S/C26H33N5O4S/c1-7-19(9-24(16(2)3)30-36(6,32)33)20-8-22(23-12-28-29-25(23)10-20)26-27-11-21(35-26)15-31-13-17(4)34-18(5)14-31/h7-12,17-18,30H,1,13-15H2,2-6H3,(H,28,29)/b19-9+. The molecule has 1 fully saturated rings. The summed E-state index contributed by atoms with van der Waals surface area (Å²) < 4.78 is 38.3. The molecule has 36 heavy (non-hydrogen) atoms. The van der Waals surface area contributed by atoms with Crippen molar-refractivity contribution in [2.24, 2.45) is 0 Å². The molecule has 0 spiro atoms. The van der Waals surface area contributed by atoms with Crippen LogP contribution in [-0.4, -0.2) is 60.1 Å². The Bertz CT molecular complexity index is 1420. The van der Waals surface area contributed by atoms with E-state index in [4.69, 9.17) is 9.15 Å². The van der Waals surface area contributed by atoms with Crippen LogP contribution in [-0.2, 0) is 21.3 Å². The highest BCUT2D eigenvalue weighted by Gasteiger charge is 2.23. The second-order valence-electron chi connectivity index (χ2n) is 9.53. The summed E-state index contributed by atoms with van der Waals surface area (Å²) in [5.41, 5.74) is 4.47. The lowest BCUT2D eigenvalue weighted by Crippen LogP contribution is -2.44. The molecule has 1 aliphatic rings. The highest BCUT2D eigenvalue weighted by atomic mass is 32.2. The summed E-state index contributed by atoms with van der Waals surface area (Å²) in [5.74, 6) is 1.27. The number of sulfonamides is 1. The van der Waals surface area contributed by atoms with Gasteiger partial charge in [0.2, 0.25) is 15.9 Å². The lowest BCUT2D eigenvalue weighted by Gasteiger charge is -2.34. The summed E-state index contributed by atoms with van der Waals surface area (Å²) in [6.07, 6.45) is 8.44. The largest absolute Gasteiger partial charge is 0.440 e. The van der Waals surface area contributed by atoms with Crippen LogP contribution in [0.4, 0.5) is 0 Å². The third-order valence-electron chi connectivity index (χ3n) is 5.90. The van der Waals surface area contributed by atoms with Crippen molar-refractivity contribution < 1.29 is 17.6 Å². The number of oxazole rings is 1. The fraction of sp³-hybridized carbons (Fsp3) is 0.385. The minimum Gasteiger partial charge on any atom is -0.440 e. The van der Waals surface area contributed by atoms with Gasteiger partial charge in [-0.2, -0.15) is 5.10 Å². The summed E-state index contributed by atoms with van der Waals surface area (Å²) in [6.45, 7) is 14.1. The van der Waals surface area contributed by atoms with Crippen molar-refractivity contribution in [3.63, 3.8) is 0 Å². The van der Waals surface area contributed by atoms with Gasteiger partial charge in [-0.1, -0.05) is 18.2 Å². The Morgan fingerprint density at radius 1 is 1.25 bits per heavy atom. The minimum absolute atomic E-state index is 0.172. The molecule has 3 heterocycles. The number of morpholine rings is 1. The summed E-state index contributed by atoms with van der Waals surface area (Å²) in [4.78, 5) is 6.88.